The van der Waals surface area contributed by atoms with Gasteiger partial charge in [-0.3, -0.25) is 28.8 Å². The average Bonchev–Trinajstić information content (AvgIpc) is 3.41. The Morgan fingerprint density at radius 2 is 1.35 bits per heavy atom. The molecule has 1 aromatic heterocycles. The van der Waals surface area contributed by atoms with Crippen molar-refractivity contribution in [3.63, 3.8) is 0 Å². The number of carbonyl (C=O) groups is 6. The molecule has 4 aliphatic heterocycles. The lowest BCUT2D eigenvalue weighted by Crippen LogP contribution is -2.51. The van der Waals surface area contributed by atoms with Gasteiger partial charge >= 0.3 is 0 Å². The maximum Gasteiger partial charge on any atom is 0.270 e. The van der Waals surface area contributed by atoms with Crippen molar-refractivity contribution in [3.05, 3.63) is 72.4 Å². The average molecular weight is 761 g/mol. The van der Waals surface area contributed by atoms with E-state index in [1.165, 1.54) is 0 Å². The lowest BCUT2D eigenvalue weighted by atomic mass is 9.94. The molecule has 3 atom stereocenters. The van der Waals surface area contributed by atoms with Gasteiger partial charge in [-0.2, -0.15) is 0 Å². The Kier molecular flexibility index (Phi) is 15.1. The van der Waals surface area contributed by atoms with Crippen LogP contribution in [0.5, 0.6) is 0 Å². The molecule has 1 aromatic rings. The van der Waals surface area contributed by atoms with Crippen LogP contribution in [0.1, 0.15) is 111 Å². The summed E-state index contributed by atoms with van der Waals surface area (Å²) in [7, 11) is 0. The van der Waals surface area contributed by atoms with E-state index in [0.717, 1.165) is 36.2 Å². The van der Waals surface area contributed by atoms with Crippen LogP contribution in [-0.4, -0.2) is 75.5 Å². The van der Waals surface area contributed by atoms with Gasteiger partial charge in [-0.25, -0.2) is 4.98 Å². The molecule has 0 spiro atoms. The number of piperidine rings is 3. The van der Waals surface area contributed by atoms with Crippen LogP contribution < -0.4 is 31.9 Å². The van der Waals surface area contributed by atoms with Crippen LogP contribution in [0.25, 0.3) is 0 Å². The first-order chi connectivity index (χ1) is 25.5. The molecule has 0 bridgehead atoms. The molecule has 14 heteroatoms. The summed E-state index contributed by atoms with van der Waals surface area (Å²) in [5, 5.41) is 16.7. The summed E-state index contributed by atoms with van der Waals surface area (Å²) in [6.45, 7) is 27.5. The molecule has 0 saturated carbocycles. The van der Waals surface area contributed by atoms with Crippen molar-refractivity contribution in [2.45, 2.75) is 124 Å². The Labute approximate surface area is 325 Å². The molecular formula is C41H60N8O6. The van der Waals surface area contributed by atoms with Gasteiger partial charge in [-0.05, 0) is 89.3 Å². The molecule has 3 saturated heterocycles. The van der Waals surface area contributed by atoms with Crippen LogP contribution in [0.4, 0.5) is 5.82 Å². The van der Waals surface area contributed by atoms with Crippen molar-refractivity contribution in [1.82, 2.24) is 36.5 Å². The molecule has 3 fully saturated rings. The zero-order valence-corrected chi connectivity index (χ0v) is 33.7. The van der Waals surface area contributed by atoms with Gasteiger partial charge in [0, 0.05) is 40.7 Å². The highest BCUT2D eigenvalue weighted by Crippen LogP contribution is 2.25. The van der Waals surface area contributed by atoms with Gasteiger partial charge in [0.1, 0.15) is 29.6 Å². The topological polar surface area (TPSA) is 191 Å². The van der Waals surface area contributed by atoms with Crippen LogP contribution in [0.15, 0.2) is 66.7 Å². The number of hydrogen-bond donors (Lipinski definition) is 6. The fourth-order valence-electron chi connectivity index (χ4n) is 6.02. The fourth-order valence-corrected chi connectivity index (χ4v) is 6.02. The predicted molar refractivity (Wildman–Crippen MR) is 213 cm³/mol. The molecular weight excluding hydrogens is 701 g/mol. The third-order valence-electron chi connectivity index (χ3n) is 8.83. The minimum atomic E-state index is -0.543. The van der Waals surface area contributed by atoms with Crippen LogP contribution in [0.2, 0.25) is 0 Å². The molecule has 5 rings (SSSR count). The Hall–Kier alpha value is -5.27. The van der Waals surface area contributed by atoms with Crippen LogP contribution in [0, 0.1) is 11.3 Å². The van der Waals surface area contributed by atoms with Crippen LogP contribution in [-0.2, 0) is 24.0 Å². The molecule has 300 valence electrons. The standard InChI is InChI=1S/C16H22N4O2.C14H20N2O2.C11H18N2O2/c1-10-8-9-12(14(21)17-10)19-15(22)11-6-5-7-13(18-11)20-16(2,3)4;1-9(2)6-11-7-13(17)16(8-11)12-5-4-10(3)15-14(12)18;1-7-5-6-8(9(14)12-7)13-10(15)11(2,3)4/h5-7,12H,1,8-9H2,2-4H3,(H,17,21)(H,18,20)(H,19,22);7,9,12H,3-6,8H2,1-2H3,(H,15,18);8H,1,5-6H2,2-4H3,(H,12,14)(H,13,15). The van der Waals surface area contributed by atoms with Gasteiger partial charge < -0.3 is 36.8 Å². The number of allylic oxidation sites excluding steroid dienone is 3. The lowest BCUT2D eigenvalue weighted by Gasteiger charge is -2.31. The molecule has 6 amide bonds. The first kappa shape index (κ1) is 44.1. The molecule has 0 aromatic carbocycles. The highest BCUT2D eigenvalue weighted by atomic mass is 16.2. The maximum absolute atomic E-state index is 12.3. The predicted octanol–water partition coefficient (Wildman–Crippen LogP) is 4.35. The van der Waals surface area contributed by atoms with Crippen molar-refractivity contribution in [2.24, 2.45) is 11.3 Å². The zero-order valence-electron chi connectivity index (χ0n) is 33.7. The van der Waals surface area contributed by atoms with E-state index >= 15 is 0 Å². The summed E-state index contributed by atoms with van der Waals surface area (Å²) < 4.78 is 0. The molecule has 14 nitrogen and oxygen atoms in total. The number of carbonyl (C=O) groups excluding carboxylic acids is 6. The Morgan fingerprint density at radius 3 is 1.84 bits per heavy atom. The summed E-state index contributed by atoms with van der Waals surface area (Å²) in [5.74, 6) is 0.181. The van der Waals surface area contributed by atoms with Crippen molar-refractivity contribution < 1.29 is 28.8 Å². The number of pyridine rings is 1. The van der Waals surface area contributed by atoms with E-state index in [4.69, 9.17) is 0 Å². The van der Waals surface area contributed by atoms with E-state index in [1.807, 2.05) is 41.5 Å². The smallest absolute Gasteiger partial charge is 0.270 e. The number of rotatable bonds is 7. The van der Waals surface area contributed by atoms with E-state index < -0.39 is 17.5 Å². The number of amides is 6. The monoisotopic (exact) mass is 760 g/mol. The van der Waals surface area contributed by atoms with E-state index in [9.17, 15) is 28.8 Å². The van der Waals surface area contributed by atoms with E-state index in [-0.39, 0.29) is 52.7 Å². The zero-order chi connectivity index (χ0) is 41.2. The normalized spacial score (nSPS) is 21.5. The molecule has 3 unspecified atom stereocenters. The first-order valence-corrected chi connectivity index (χ1v) is 18.9. The number of nitrogens with one attached hydrogen (secondary N) is 6. The molecule has 6 N–H and O–H groups in total. The van der Waals surface area contributed by atoms with Crippen molar-refractivity contribution in [2.75, 3.05) is 11.9 Å². The minimum absolute atomic E-state index is 0.0293. The summed E-state index contributed by atoms with van der Waals surface area (Å²) >= 11 is 0. The lowest BCUT2D eigenvalue weighted by molar-refractivity contribution is -0.136. The van der Waals surface area contributed by atoms with Gasteiger partial charge in [0.05, 0.1) is 0 Å². The quantitative estimate of drug-likeness (QED) is 0.237. The van der Waals surface area contributed by atoms with Gasteiger partial charge in [0.15, 0.2) is 0 Å². The van der Waals surface area contributed by atoms with Crippen LogP contribution >= 0.6 is 0 Å². The second-order valence-electron chi connectivity index (χ2n) is 16.9. The third kappa shape index (κ3) is 14.1. The van der Waals surface area contributed by atoms with E-state index in [1.54, 1.807) is 29.2 Å². The van der Waals surface area contributed by atoms with Crippen molar-refractivity contribution in [1.29, 1.82) is 0 Å². The largest absolute Gasteiger partial charge is 0.365 e. The first-order valence-electron chi connectivity index (χ1n) is 18.9. The SMILES string of the molecule is C=C1CCC(N2CC(CC(C)C)=CC2=O)C(=O)N1.C=C1CCC(NC(=O)C(C)(C)C)C(=O)N1.C=C1CCC(NC(=O)c2cccc(NC(C)(C)C)n2)C(=O)N1. The molecule has 0 radical (unpaired) electrons. The van der Waals surface area contributed by atoms with Crippen LogP contribution in [0.3, 0.4) is 0 Å². The Bertz CT molecular complexity index is 1720. The summed E-state index contributed by atoms with van der Waals surface area (Å²) in [5.41, 5.74) is 2.96. The third-order valence-corrected chi connectivity index (χ3v) is 8.83. The number of anilines is 1. The molecule has 0 aliphatic carbocycles. The highest BCUT2D eigenvalue weighted by Gasteiger charge is 2.35. The Morgan fingerprint density at radius 1 is 0.818 bits per heavy atom. The van der Waals surface area contributed by atoms with E-state index in [0.29, 0.717) is 49.7 Å². The summed E-state index contributed by atoms with van der Waals surface area (Å²) in [6, 6.07) is 3.91. The summed E-state index contributed by atoms with van der Waals surface area (Å²) in [6.07, 6.45) is 6.61. The van der Waals surface area contributed by atoms with Crippen molar-refractivity contribution >= 4 is 41.3 Å². The number of hydrogen-bond acceptors (Lipinski definition) is 8. The highest BCUT2D eigenvalue weighted by molar-refractivity contribution is 5.97. The number of aromatic nitrogens is 1. The molecule has 55 heavy (non-hydrogen) atoms. The number of nitrogens with zero attached hydrogens (tertiary/aromatic N) is 2. The molecule has 5 heterocycles. The second kappa shape index (κ2) is 18.9. The molecule has 4 aliphatic rings. The van der Waals surface area contributed by atoms with E-state index in [2.05, 4.69) is 70.5 Å². The van der Waals surface area contributed by atoms with Crippen molar-refractivity contribution in [3.8, 4) is 0 Å². The van der Waals surface area contributed by atoms with Gasteiger partial charge in [0.2, 0.25) is 29.5 Å². The van der Waals surface area contributed by atoms with Gasteiger partial charge in [-0.15, -0.1) is 0 Å². The van der Waals surface area contributed by atoms with Gasteiger partial charge in [-0.1, -0.05) is 60.4 Å². The summed E-state index contributed by atoms with van der Waals surface area (Å²) in [4.78, 5) is 77.0. The van der Waals surface area contributed by atoms with Gasteiger partial charge in [0.25, 0.3) is 5.91 Å². The second-order valence-corrected chi connectivity index (χ2v) is 16.9. The Balaban J connectivity index is 0.000000226. The minimum Gasteiger partial charge on any atom is -0.365 e. The fraction of sp³-hybridized carbons (Fsp3) is 0.537. The maximum atomic E-state index is 12.3.